The van der Waals surface area contributed by atoms with E-state index in [-0.39, 0.29) is 11.1 Å². The Morgan fingerprint density at radius 1 is 1.38 bits per heavy atom. The minimum atomic E-state index is -0.549. The average Bonchev–Trinajstić information content (AvgIpc) is 2.28. The molecule has 0 saturated carbocycles. The van der Waals surface area contributed by atoms with Gasteiger partial charge >= 0.3 is 0 Å². The van der Waals surface area contributed by atoms with Gasteiger partial charge in [-0.2, -0.15) is 23.5 Å². The third-order valence-electron chi connectivity index (χ3n) is 2.60. The van der Waals surface area contributed by atoms with Gasteiger partial charge in [-0.15, -0.1) is 0 Å². The molecule has 1 fully saturated rings. The number of aryl methyl sites for hydroxylation is 1. The molecule has 1 aromatic carbocycles. The van der Waals surface area contributed by atoms with Crippen LogP contribution < -0.4 is 0 Å². The lowest BCUT2D eigenvalue weighted by Crippen LogP contribution is -2.22. The van der Waals surface area contributed by atoms with Crippen molar-refractivity contribution in [3.63, 3.8) is 0 Å². The molecule has 2 atom stereocenters. The van der Waals surface area contributed by atoms with Crippen molar-refractivity contribution in [2.45, 2.75) is 18.3 Å². The average molecular weight is 258 g/mol. The molecule has 0 aromatic heterocycles. The van der Waals surface area contributed by atoms with E-state index in [4.69, 9.17) is 0 Å². The number of benzene rings is 1. The Hall–Kier alpha value is -0.190. The highest BCUT2D eigenvalue weighted by Gasteiger charge is 2.24. The van der Waals surface area contributed by atoms with Crippen LogP contribution in [-0.2, 0) is 0 Å². The number of aliphatic hydroxyl groups is 1. The molecule has 0 radical (unpaired) electrons. The van der Waals surface area contributed by atoms with Crippen molar-refractivity contribution >= 4 is 23.5 Å². The van der Waals surface area contributed by atoms with E-state index in [1.165, 1.54) is 12.1 Å². The summed E-state index contributed by atoms with van der Waals surface area (Å²) in [5, 5.41) is 10.4. The molecule has 1 heterocycles. The summed E-state index contributed by atoms with van der Waals surface area (Å²) >= 11 is 3.64. The highest BCUT2D eigenvalue weighted by Crippen LogP contribution is 2.33. The van der Waals surface area contributed by atoms with E-state index < -0.39 is 6.10 Å². The number of hydrogen-bond donors (Lipinski definition) is 1. The van der Waals surface area contributed by atoms with E-state index in [2.05, 4.69) is 0 Å². The van der Waals surface area contributed by atoms with Crippen LogP contribution in [0, 0.1) is 12.7 Å². The molecule has 1 saturated heterocycles. The Morgan fingerprint density at radius 3 is 2.81 bits per heavy atom. The quantitative estimate of drug-likeness (QED) is 0.880. The second kappa shape index (κ2) is 5.43. The van der Waals surface area contributed by atoms with Gasteiger partial charge in [0.2, 0.25) is 0 Å². The highest BCUT2D eigenvalue weighted by atomic mass is 32.2. The second-order valence-electron chi connectivity index (χ2n) is 3.99. The molecule has 1 aliphatic rings. The lowest BCUT2D eigenvalue weighted by atomic mass is 10.0. The van der Waals surface area contributed by atoms with Crippen LogP contribution in [0.25, 0.3) is 0 Å². The molecule has 4 heteroatoms. The molecule has 1 nitrogen and oxygen atoms in total. The SMILES string of the molecule is Cc1cc(F)cc(C(O)C2CSCCS2)c1. The minimum absolute atomic E-state index is 0.194. The predicted octanol–water partition coefficient (Wildman–Crippen LogP) is 3.02. The van der Waals surface area contributed by atoms with Crippen molar-refractivity contribution in [3.05, 3.63) is 35.1 Å². The fraction of sp³-hybridized carbons (Fsp3) is 0.500. The van der Waals surface area contributed by atoms with Crippen LogP contribution >= 0.6 is 23.5 Å². The van der Waals surface area contributed by atoms with E-state index in [0.29, 0.717) is 5.56 Å². The first-order valence-corrected chi connectivity index (χ1v) is 7.51. The predicted molar refractivity (Wildman–Crippen MR) is 69.7 cm³/mol. The summed E-state index contributed by atoms with van der Waals surface area (Å²) < 4.78 is 13.2. The maximum Gasteiger partial charge on any atom is 0.123 e. The maximum absolute atomic E-state index is 13.2. The standard InChI is InChI=1S/C12H15FOS2/c1-8-4-9(6-10(13)5-8)12(14)11-7-15-2-3-16-11/h4-6,11-12,14H,2-3,7H2,1H3. The van der Waals surface area contributed by atoms with Gasteiger partial charge in [0.1, 0.15) is 5.82 Å². The van der Waals surface area contributed by atoms with E-state index >= 15 is 0 Å². The zero-order valence-electron chi connectivity index (χ0n) is 9.15. The minimum Gasteiger partial charge on any atom is -0.387 e. The number of thioether (sulfide) groups is 2. The van der Waals surface area contributed by atoms with E-state index in [1.54, 1.807) is 11.8 Å². The van der Waals surface area contributed by atoms with Gasteiger partial charge in [-0.25, -0.2) is 4.39 Å². The van der Waals surface area contributed by atoms with Gasteiger partial charge in [-0.3, -0.25) is 0 Å². The number of halogens is 1. The Morgan fingerprint density at radius 2 is 2.19 bits per heavy atom. The van der Waals surface area contributed by atoms with Gasteiger partial charge in [0.05, 0.1) is 6.10 Å². The monoisotopic (exact) mass is 258 g/mol. The van der Waals surface area contributed by atoms with Crippen LogP contribution in [0.4, 0.5) is 4.39 Å². The smallest absolute Gasteiger partial charge is 0.123 e. The van der Waals surface area contributed by atoms with Crippen LogP contribution in [0.3, 0.4) is 0 Å². The molecular weight excluding hydrogens is 243 g/mol. The molecule has 16 heavy (non-hydrogen) atoms. The first-order valence-electron chi connectivity index (χ1n) is 5.31. The zero-order valence-corrected chi connectivity index (χ0v) is 10.8. The molecule has 88 valence electrons. The Kier molecular flexibility index (Phi) is 4.16. The molecule has 0 bridgehead atoms. The molecule has 1 aliphatic heterocycles. The molecule has 0 aliphatic carbocycles. The van der Waals surface area contributed by atoms with Crippen molar-refractivity contribution in [1.29, 1.82) is 0 Å². The molecule has 0 amide bonds. The highest BCUT2D eigenvalue weighted by molar-refractivity contribution is 8.06. The van der Waals surface area contributed by atoms with Crippen LogP contribution in [-0.4, -0.2) is 27.6 Å². The Bertz CT molecular complexity index is 344. The van der Waals surface area contributed by atoms with Crippen molar-refractivity contribution in [1.82, 2.24) is 0 Å². The Balaban J connectivity index is 2.15. The van der Waals surface area contributed by atoms with E-state index in [0.717, 1.165) is 22.8 Å². The summed E-state index contributed by atoms with van der Waals surface area (Å²) in [7, 11) is 0. The van der Waals surface area contributed by atoms with Crippen molar-refractivity contribution < 1.29 is 9.50 Å². The van der Waals surface area contributed by atoms with Crippen LogP contribution in [0.15, 0.2) is 18.2 Å². The molecule has 2 rings (SSSR count). The first kappa shape index (κ1) is 12.3. The molecule has 2 unspecified atom stereocenters. The third kappa shape index (κ3) is 2.93. The summed E-state index contributed by atoms with van der Waals surface area (Å²) in [5.74, 6) is 2.90. The molecular formula is C12H15FOS2. The lowest BCUT2D eigenvalue weighted by molar-refractivity contribution is 0.180. The van der Waals surface area contributed by atoms with Gasteiger partial charge < -0.3 is 5.11 Å². The summed E-state index contributed by atoms with van der Waals surface area (Å²) in [4.78, 5) is 0. The summed E-state index contributed by atoms with van der Waals surface area (Å²) in [6, 6.07) is 4.80. The molecule has 1 aromatic rings. The number of aliphatic hydroxyl groups excluding tert-OH is 1. The van der Waals surface area contributed by atoms with Gasteiger partial charge in [-0.1, -0.05) is 6.07 Å². The second-order valence-corrected chi connectivity index (χ2v) is 6.49. The van der Waals surface area contributed by atoms with Crippen molar-refractivity contribution in [2.24, 2.45) is 0 Å². The summed E-state index contributed by atoms with van der Waals surface area (Å²) in [6.45, 7) is 1.85. The van der Waals surface area contributed by atoms with Crippen LogP contribution in [0.2, 0.25) is 0 Å². The van der Waals surface area contributed by atoms with Gasteiger partial charge in [0, 0.05) is 22.5 Å². The van der Waals surface area contributed by atoms with Crippen molar-refractivity contribution in [2.75, 3.05) is 17.3 Å². The Labute approximate surface area is 104 Å². The molecule has 0 spiro atoms. The maximum atomic E-state index is 13.2. The lowest BCUT2D eigenvalue weighted by Gasteiger charge is -2.26. The normalized spacial score (nSPS) is 23.1. The first-order chi connectivity index (χ1) is 7.66. The fourth-order valence-electron chi connectivity index (χ4n) is 1.84. The topological polar surface area (TPSA) is 20.2 Å². The van der Waals surface area contributed by atoms with Gasteiger partial charge in [-0.05, 0) is 30.2 Å². The summed E-state index contributed by atoms with van der Waals surface area (Å²) in [6.07, 6.45) is -0.549. The third-order valence-corrected chi connectivity index (χ3v) is 5.45. The van der Waals surface area contributed by atoms with Crippen LogP contribution in [0.1, 0.15) is 17.2 Å². The van der Waals surface area contributed by atoms with Crippen molar-refractivity contribution in [3.8, 4) is 0 Å². The van der Waals surface area contributed by atoms with E-state index in [9.17, 15) is 9.50 Å². The van der Waals surface area contributed by atoms with E-state index in [1.807, 2.05) is 24.8 Å². The zero-order chi connectivity index (χ0) is 11.5. The number of hydrogen-bond acceptors (Lipinski definition) is 3. The largest absolute Gasteiger partial charge is 0.387 e. The van der Waals surface area contributed by atoms with Gasteiger partial charge in [0.15, 0.2) is 0 Å². The summed E-state index contributed by atoms with van der Waals surface area (Å²) in [5.41, 5.74) is 1.57. The van der Waals surface area contributed by atoms with Crippen LogP contribution in [0.5, 0.6) is 0 Å². The number of rotatable bonds is 2. The fourth-order valence-corrected chi connectivity index (χ4v) is 4.59. The van der Waals surface area contributed by atoms with Gasteiger partial charge in [0.25, 0.3) is 0 Å². The molecule has 1 N–H and O–H groups in total.